The first-order valence-electron chi connectivity index (χ1n) is 7.85. The zero-order valence-electron chi connectivity index (χ0n) is 14.0. The molecule has 0 saturated heterocycles. The SMILES string of the molecule is CC(C)c1cccc(C(C)C)c1NC(=S)Nc1ccccc1Cl. The first-order chi connectivity index (χ1) is 10.9. The van der Waals surface area contributed by atoms with Gasteiger partial charge in [-0.05, 0) is 47.3 Å². The summed E-state index contributed by atoms with van der Waals surface area (Å²) in [5.74, 6) is 0.832. The molecule has 0 amide bonds. The highest BCUT2D eigenvalue weighted by molar-refractivity contribution is 7.80. The minimum Gasteiger partial charge on any atom is -0.332 e. The molecule has 23 heavy (non-hydrogen) atoms. The van der Waals surface area contributed by atoms with Gasteiger partial charge in [0.05, 0.1) is 10.7 Å². The van der Waals surface area contributed by atoms with Crippen molar-refractivity contribution < 1.29 is 0 Å². The second kappa shape index (κ2) is 7.80. The van der Waals surface area contributed by atoms with Gasteiger partial charge in [0.2, 0.25) is 0 Å². The minimum atomic E-state index is 0.416. The maximum Gasteiger partial charge on any atom is 0.175 e. The fraction of sp³-hybridized carbons (Fsp3) is 0.316. The Balaban J connectivity index is 2.28. The largest absolute Gasteiger partial charge is 0.332 e. The van der Waals surface area contributed by atoms with Crippen molar-refractivity contribution >= 4 is 40.3 Å². The van der Waals surface area contributed by atoms with E-state index in [-0.39, 0.29) is 0 Å². The summed E-state index contributed by atoms with van der Waals surface area (Å²) in [7, 11) is 0. The molecule has 0 aliphatic heterocycles. The van der Waals surface area contributed by atoms with Gasteiger partial charge in [0.1, 0.15) is 0 Å². The molecular weight excluding hydrogens is 324 g/mol. The van der Waals surface area contributed by atoms with Gasteiger partial charge in [0, 0.05) is 5.69 Å². The van der Waals surface area contributed by atoms with Crippen LogP contribution in [-0.4, -0.2) is 5.11 Å². The molecule has 0 unspecified atom stereocenters. The third-order valence-electron chi connectivity index (χ3n) is 3.73. The van der Waals surface area contributed by atoms with E-state index in [1.54, 1.807) is 0 Å². The van der Waals surface area contributed by atoms with Crippen molar-refractivity contribution in [3.8, 4) is 0 Å². The van der Waals surface area contributed by atoms with E-state index >= 15 is 0 Å². The summed E-state index contributed by atoms with van der Waals surface area (Å²) in [5, 5.41) is 7.76. The van der Waals surface area contributed by atoms with Crippen LogP contribution in [0.15, 0.2) is 42.5 Å². The number of rotatable bonds is 4. The Morgan fingerprint density at radius 2 is 1.43 bits per heavy atom. The van der Waals surface area contributed by atoms with Gasteiger partial charge in [0.15, 0.2) is 5.11 Å². The Bertz CT molecular complexity index is 669. The summed E-state index contributed by atoms with van der Waals surface area (Å²) in [6.07, 6.45) is 0. The standard InChI is InChI=1S/C19H23ClN2S/c1-12(2)14-8-7-9-15(13(3)4)18(14)22-19(23)21-17-11-6-5-10-16(17)20/h5-13H,1-4H3,(H2,21,22,23). The van der Waals surface area contributed by atoms with Crippen molar-refractivity contribution in [2.45, 2.75) is 39.5 Å². The second-order valence-corrected chi connectivity index (χ2v) is 7.00. The summed E-state index contributed by atoms with van der Waals surface area (Å²) in [6, 6.07) is 14.0. The molecule has 0 fully saturated rings. The molecule has 0 atom stereocenters. The number of thiocarbonyl (C=S) groups is 1. The number of para-hydroxylation sites is 2. The van der Waals surface area contributed by atoms with E-state index in [4.69, 9.17) is 23.8 Å². The van der Waals surface area contributed by atoms with E-state index in [0.29, 0.717) is 22.0 Å². The van der Waals surface area contributed by atoms with Crippen LogP contribution in [0.1, 0.15) is 50.7 Å². The van der Waals surface area contributed by atoms with Gasteiger partial charge in [-0.15, -0.1) is 0 Å². The summed E-state index contributed by atoms with van der Waals surface area (Å²) in [4.78, 5) is 0. The van der Waals surface area contributed by atoms with Crippen molar-refractivity contribution in [1.82, 2.24) is 0 Å². The highest BCUT2D eigenvalue weighted by Gasteiger charge is 2.15. The second-order valence-electron chi connectivity index (χ2n) is 6.18. The fourth-order valence-corrected chi connectivity index (χ4v) is 2.92. The number of anilines is 2. The van der Waals surface area contributed by atoms with E-state index in [1.807, 2.05) is 24.3 Å². The van der Waals surface area contributed by atoms with Crippen LogP contribution in [0.25, 0.3) is 0 Å². The third-order valence-corrected chi connectivity index (χ3v) is 4.27. The maximum atomic E-state index is 6.18. The molecule has 0 aliphatic carbocycles. The van der Waals surface area contributed by atoms with Gasteiger partial charge in [0.25, 0.3) is 0 Å². The van der Waals surface area contributed by atoms with Gasteiger partial charge in [-0.3, -0.25) is 0 Å². The normalized spacial score (nSPS) is 10.9. The molecule has 0 aliphatic rings. The maximum absolute atomic E-state index is 6.18. The van der Waals surface area contributed by atoms with E-state index in [9.17, 15) is 0 Å². The first-order valence-corrected chi connectivity index (χ1v) is 8.64. The topological polar surface area (TPSA) is 24.1 Å². The predicted molar refractivity (Wildman–Crippen MR) is 106 cm³/mol. The third kappa shape index (κ3) is 4.46. The van der Waals surface area contributed by atoms with E-state index in [2.05, 4.69) is 56.5 Å². The van der Waals surface area contributed by atoms with E-state index in [1.165, 1.54) is 11.1 Å². The number of nitrogens with one attached hydrogen (secondary N) is 2. The van der Waals surface area contributed by atoms with E-state index < -0.39 is 0 Å². The van der Waals surface area contributed by atoms with Crippen LogP contribution in [0.4, 0.5) is 11.4 Å². The zero-order chi connectivity index (χ0) is 17.0. The molecule has 0 spiro atoms. The Hall–Kier alpha value is -1.58. The molecule has 122 valence electrons. The van der Waals surface area contributed by atoms with Crippen LogP contribution in [0.3, 0.4) is 0 Å². The van der Waals surface area contributed by atoms with Gasteiger partial charge < -0.3 is 10.6 Å². The van der Waals surface area contributed by atoms with Crippen LogP contribution >= 0.6 is 23.8 Å². The molecule has 2 rings (SSSR count). The lowest BCUT2D eigenvalue weighted by Crippen LogP contribution is -2.21. The molecule has 4 heteroatoms. The Kier molecular flexibility index (Phi) is 6.03. The van der Waals surface area contributed by atoms with E-state index in [0.717, 1.165) is 11.4 Å². The lowest BCUT2D eigenvalue weighted by atomic mass is 9.93. The molecule has 2 aromatic rings. The van der Waals surface area contributed by atoms with Gasteiger partial charge in [-0.2, -0.15) is 0 Å². The molecule has 0 radical (unpaired) electrons. The molecule has 0 saturated carbocycles. The predicted octanol–water partition coefficient (Wildman–Crippen LogP) is 6.40. The number of benzene rings is 2. The highest BCUT2D eigenvalue weighted by Crippen LogP contribution is 2.32. The molecule has 0 heterocycles. The minimum absolute atomic E-state index is 0.416. The lowest BCUT2D eigenvalue weighted by molar-refractivity contribution is 0.839. The van der Waals surface area contributed by atoms with Crippen molar-refractivity contribution in [2.75, 3.05) is 10.6 Å². The average Bonchev–Trinajstić information content (AvgIpc) is 2.49. The number of halogens is 1. The molecule has 2 N–H and O–H groups in total. The smallest absolute Gasteiger partial charge is 0.175 e. The number of hydrogen-bond acceptors (Lipinski definition) is 1. The Morgan fingerprint density at radius 1 is 0.870 bits per heavy atom. The van der Waals surface area contributed by atoms with Crippen molar-refractivity contribution in [1.29, 1.82) is 0 Å². The summed E-state index contributed by atoms with van der Waals surface area (Å²) in [5.41, 5.74) is 4.43. The lowest BCUT2D eigenvalue weighted by Gasteiger charge is -2.21. The van der Waals surface area contributed by atoms with Crippen molar-refractivity contribution in [2.24, 2.45) is 0 Å². The van der Waals surface area contributed by atoms with Crippen LogP contribution in [0, 0.1) is 0 Å². The summed E-state index contributed by atoms with van der Waals surface area (Å²) < 4.78 is 0. The monoisotopic (exact) mass is 346 g/mol. The Morgan fingerprint density at radius 3 is 1.96 bits per heavy atom. The van der Waals surface area contributed by atoms with Gasteiger partial charge >= 0.3 is 0 Å². The summed E-state index contributed by atoms with van der Waals surface area (Å²) in [6.45, 7) is 8.76. The van der Waals surface area contributed by atoms with Crippen LogP contribution in [0.5, 0.6) is 0 Å². The van der Waals surface area contributed by atoms with Crippen molar-refractivity contribution in [3.63, 3.8) is 0 Å². The zero-order valence-corrected chi connectivity index (χ0v) is 15.6. The van der Waals surface area contributed by atoms with Crippen LogP contribution in [0.2, 0.25) is 5.02 Å². The molecule has 2 aromatic carbocycles. The molecule has 0 bridgehead atoms. The quantitative estimate of drug-likeness (QED) is 0.626. The molecule has 2 nitrogen and oxygen atoms in total. The molecular formula is C19H23ClN2S. The Labute approximate surface area is 149 Å². The fourth-order valence-electron chi connectivity index (χ4n) is 2.53. The van der Waals surface area contributed by atoms with Crippen molar-refractivity contribution in [3.05, 3.63) is 58.6 Å². The van der Waals surface area contributed by atoms with Crippen LogP contribution in [-0.2, 0) is 0 Å². The van der Waals surface area contributed by atoms with Crippen LogP contribution < -0.4 is 10.6 Å². The van der Waals surface area contributed by atoms with Gasteiger partial charge in [-0.25, -0.2) is 0 Å². The highest BCUT2D eigenvalue weighted by atomic mass is 35.5. The first kappa shape index (κ1) is 17.8. The summed E-state index contributed by atoms with van der Waals surface area (Å²) >= 11 is 11.7. The molecule has 0 aromatic heterocycles. The average molecular weight is 347 g/mol. The van der Waals surface area contributed by atoms with Gasteiger partial charge in [-0.1, -0.05) is 69.6 Å². The number of hydrogen-bond donors (Lipinski definition) is 2.